The third-order valence-electron chi connectivity index (χ3n) is 2.80. The van der Waals surface area contributed by atoms with E-state index < -0.39 is 0 Å². The number of hydrogen-bond acceptors (Lipinski definition) is 5. The van der Waals surface area contributed by atoms with E-state index >= 15 is 0 Å². The number of fused-ring (bicyclic) bond motifs is 1. The fraction of sp³-hybridized carbons (Fsp3) is 0.455. The summed E-state index contributed by atoms with van der Waals surface area (Å²) in [6.07, 6.45) is 4.62. The highest BCUT2D eigenvalue weighted by Gasteiger charge is 2.16. The Bertz CT molecular complexity index is 519. The quantitative estimate of drug-likeness (QED) is 0.761. The van der Waals surface area contributed by atoms with Crippen molar-refractivity contribution in [3.8, 4) is 11.4 Å². The Balaban J connectivity index is 2.03. The molecule has 3 heterocycles. The number of aryl methyl sites for hydroxylation is 2. The topological polar surface area (TPSA) is 56.5 Å². The maximum absolute atomic E-state index is 4.26. The van der Waals surface area contributed by atoms with E-state index in [0.717, 1.165) is 47.5 Å². The lowest BCUT2D eigenvalue weighted by Crippen LogP contribution is -2.05. The molecule has 0 N–H and O–H groups in total. The molecule has 0 fully saturated rings. The molecule has 0 saturated carbocycles. The largest absolute Gasteiger partial charge is 0.310 e. The fourth-order valence-electron chi connectivity index (χ4n) is 1.90. The Morgan fingerprint density at radius 1 is 1.18 bits per heavy atom. The Labute approximate surface area is 104 Å². The second-order valence-corrected chi connectivity index (χ2v) is 5.20. The molecular weight excluding hydrogens is 234 g/mol. The van der Waals surface area contributed by atoms with Gasteiger partial charge in [-0.15, -0.1) is 10.2 Å². The molecular formula is C11H13N5S. The Morgan fingerprint density at radius 2 is 2.00 bits per heavy atom. The van der Waals surface area contributed by atoms with Gasteiger partial charge in [-0.25, -0.2) is 9.97 Å². The van der Waals surface area contributed by atoms with Crippen LogP contribution in [0.5, 0.6) is 0 Å². The first-order valence-electron chi connectivity index (χ1n) is 5.63. The van der Waals surface area contributed by atoms with E-state index in [-0.39, 0.29) is 0 Å². The van der Waals surface area contributed by atoms with Crippen LogP contribution in [0.4, 0.5) is 0 Å². The average molecular weight is 247 g/mol. The summed E-state index contributed by atoms with van der Waals surface area (Å²) >= 11 is 1.96. The molecule has 17 heavy (non-hydrogen) atoms. The van der Waals surface area contributed by atoms with E-state index in [4.69, 9.17) is 0 Å². The SMILES string of the molecule is Cc1ncc(-c2nnc3n2CCSCC3)cn1. The molecule has 1 aliphatic heterocycles. The molecule has 2 aromatic heterocycles. The van der Waals surface area contributed by atoms with Crippen molar-refractivity contribution < 1.29 is 0 Å². The minimum Gasteiger partial charge on any atom is -0.310 e. The number of rotatable bonds is 1. The minimum atomic E-state index is 0.778. The first kappa shape index (κ1) is 10.7. The highest BCUT2D eigenvalue weighted by atomic mass is 32.2. The smallest absolute Gasteiger partial charge is 0.167 e. The molecule has 0 aromatic carbocycles. The Kier molecular flexibility index (Phi) is 2.80. The van der Waals surface area contributed by atoms with Gasteiger partial charge >= 0.3 is 0 Å². The molecule has 0 amide bonds. The number of nitrogens with zero attached hydrogens (tertiary/aromatic N) is 5. The summed E-state index contributed by atoms with van der Waals surface area (Å²) < 4.78 is 2.19. The van der Waals surface area contributed by atoms with Crippen molar-refractivity contribution in [2.75, 3.05) is 11.5 Å². The zero-order chi connectivity index (χ0) is 11.7. The summed E-state index contributed by atoms with van der Waals surface area (Å²) in [7, 11) is 0. The van der Waals surface area contributed by atoms with Crippen LogP contribution in [0.25, 0.3) is 11.4 Å². The molecule has 2 aromatic rings. The number of thioether (sulfide) groups is 1. The van der Waals surface area contributed by atoms with Gasteiger partial charge in [0.05, 0.1) is 5.56 Å². The number of aromatic nitrogens is 5. The molecule has 0 radical (unpaired) electrons. The van der Waals surface area contributed by atoms with E-state index in [2.05, 4.69) is 24.7 Å². The van der Waals surface area contributed by atoms with Gasteiger partial charge in [0.2, 0.25) is 0 Å². The molecule has 0 aliphatic carbocycles. The summed E-state index contributed by atoms with van der Waals surface area (Å²) in [6.45, 7) is 2.85. The van der Waals surface area contributed by atoms with E-state index in [1.165, 1.54) is 0 Å². The molecule has 0 unspecified atom stereocenters. The number of hydrogen-bond donors (Lipinski definition) is 0. The van der Waals surface area contributed by atoms with Crippen LogP contribution in [-0.4, -0.2) is 36.2 Å². The van der Waals surface area contributed by atoms with Gasteiger partial charge in [-0.3, -0.25) is 0 Å². The molecule has 1 aliphatic rings. The first-order chi connectivity index (χ1) is 8.34. The third-order valence-corrected chi connectivity index (χ3v) is 3.76. The van der Waals surface area contributed by atoms with Gasteiger partial charge < -0.3 is 4.57 Å². The summed E-state index contributed by atoms with van der Waals surface area (Å²) in [4.78, 5) is 8.42. The normalized spacial score (nSPS) is 15.4. The molecule has 0 saturated heterocycles. The lowest BCUT2D eigenvalue weighted by Gasteiger charge is -2.05. The van der Waals surface area contributed by atoms with Crippen LogP contribution in [0.2, 0.25) is 0 Å². The van der Waals surface area contributed by atoms with Gasteiger partial charge in [-0.2, -0.15) is 11.8 Å². The summed E-state index contributed by atoms with van der Waals surface area (Å²) in [5.74, 6) is 4.99. The molecule has 88 valence electrons. The van der Waals surface area contributed by atoms with Crippen molar-refractivity contribution >= 4 is 11.8 Å². The van der Waals surface area contributed by atoms with E-state index in [1.807, 2.05) is 31.1 Å². The van der Waals surface area contributed by atoms with Crippen LogP contribution >= 0.6 is 11.8 Å². The molecule has 6 heteroatoms. The molecule has 3 rings (SSSR count). The summed E-state index contributed by atoms with van der Waals surface area (Å²) in [5.41, 5.74) is 0.946. The van der Waals surface area contributed by atoms with Crippen molar-refractivity contribution in [2.45, 2.75) is 19.9 Å². The first-order valence-corrected chi connectivity index (χ1v) is 6.79. The van der Waals surface area contributed by atoms with Crippen LogP contribution in [0.3, 0.4) is 0 Å². The standard InChI is InChI=1S/C11H13N5S/c1-8-12-6-9(7-13-8)11-15-14-10-2-4-17-5-3-16(10)11/h6-7H,2-5H2,1H3. The van der Waals surface area contributed by atoms with Gasteiger partial charge in [-0.05, 0) is 6.92 Å². The molecule has 5 nitrogen and oxygen atoms in total. The molecule has 0 spiro atoms. The zero-order valence-corrected chi connectivity index (χ0v) is 10.4. The van der Waals surface area contributed by atoms with Gasteiger partial charge in [0.1, 0.15) is 11.6 Å². The molecule has 0 atom stereocenters. The predicted octanol–water partition coefficient (Wildman–Crippen LogP) is 1.33. The maximum Gasteiger partial charge on any atom is 0.167 e. The fourth-order valence-corrected chi connectivity index (χ4v) is 2.74. The summed E-state index contributed by atoms with van der Waals surface area (Å²) in [6, 6.07) is 0. The average Bonchev–Trinajstić information content (AvgIpc) is 2.60. The highest BCUT2D eigenvalue weighted by Crippen LogP contribution is 2.20. The van der Waals surface area contributed by atoms with E-state index in [1.54, 1.807) is 0 Å². The van der Waals surface area contributed by atoms with Gasteiger partial charge in [-0.1, -0.05) is 0 Å². The minimum absolute atomic E-state index is 0.778. The maximum atomic E-state index is 4.26. The van der Waals surface area contributed by atoms with Crippen molar-refractivity contribution in [1.29, 1.82) is 0 Å². The Hall–Kier alpha value is -1.43. The van der Waals surface area contributed by atoms with Crippen molar-refractivity contribution in [2.24, 2.45) is 0 Å². The van der Waals surface area contributed by atoms with Crippen LogP contribution in [-0.2, 0) is 13.0 Å². The van der Waals surface area contributed by atoms with Crippen LogP contribution in [0, 0.1) is 6.92 Å². The van der Waals surface area contributed by atoms with Crippen molar-refractivity contribution in [3.63, 3.8) is 0 Å². The van der Waals surface area contributed by atoms with Gasteiger partial charge in [0.25, 0.3) is 0 Å². The van der Waals surface area contributed by atoms with Crippen LogP contribution in [0.1, 0.15) is 11.6 Å². The van der Waals surface area contributed by atoms with Crippen molar-refractivity contribution in [3.05, 3.63) is 24.0 Å². The van der Waals surface area contributed by atoms with Gasteiger partial charge in [0.15, 0.2) is 5.82 Å². The van der Waals surface area contributed by atoms with E-state index in [9.17, 15) is 0 Å². The summed E-state index contributed by atoms with van der Waals surface area (Å²) in [5, 5.41) is 8.52. The van der Waals surface area contributed by atoms with E-state index in [0.29, 0.717) is 0 Å². The molecule has 0 bridgehead atoms. The zero-order valence-electron chi connectivity index (χ0n) is 9.63. The second-order valence-electron chi connectivity index (χ2n) is 3.97. The Morgan fingerprint density at radius 3 is 2.82 bits per heavy atom. The van der Waals surface area contributed by atoms with Crippen molar-refractivity contribution in [1.82, 2.24) is 24.7 Å². The second kappa shape index (κ2) is 4.44. The van der Waals surface area contributed by atoms with Crippen LogP contribution < -0.4 is 0 Å². The van der Waals surface area contributed by atoms with Crippen LogP contribution in [0.15, 0.2) is 12.4 Å². The highest BCUT2D eigenvalue weighted by molar-refractivity contribution is 7.99. The third kappa shape index (κ3) is 2.04. The van der Waals surface area contributed by atoms with Gasteiger partial charge in [0, 0.05) is 36.9 Å². The lowest BCUT2D eigenvalue weighted by molar-refractivity contribution is 0.731. The monoisotopic (exact) mass is 247 g/mol. The lowest BCUT2D eigenvalue weighted by atomic mass is 10.3. The predicted molar refractivity (Wildman–Crippen MR) is 66.8 cm³/mol.